The highest BCUT2D eigenvalue weighted by molar-refractivity contribution is 5.96. The van der Waals surface area contributed by atoms with Crippen LogP contribution in [0.2, 0.25) is 0 Å². The summed E-state index contributed by atoms with van der Waals surface area (Å²) < 4.78 is 11.3. The summed E-state index contributed by atoms with van der Waals surface area (Å²) in [4.78, 5) is 18.7. The number of amides is 1. The number of hydrogen-bond donors (Lipinski definition) is 1. The van der Waals surface area contributed by atoms with Crippen LogP contribution in [0.3, 0.4) is 0 Å². The molecule has 0 aromatic carbocycles. The molecule has 0 unspecified atom stereocenters. The van der Waals surface area contributed by atoms with Crippen LogP contribution in [-0.2, 0) is 4.74 Å². The highest BCUT2D eigenvalue weighted by atomic mass is 16.5. The molecule has 1 N–H and O–H groups in total. The Morgan fingerprint density at radius 3 is 2.86 bits per heavy atom. The summed E-state index contributed by atoms with van der Waals surface area (Å²) in [7, 11) is 0. The fourth-order valence-electron chi connectivity index (χ4n) is 2.66. The number of ether oxygens (including phenoxy) is 2. The molecule has 6 nitrogen and oxygen atoms in total. The number of carbonyl (C=O) groups is 1. The first-order valence-corrected chi connectivity index (χ1v) is 7.54. The Labute approximate surface area is 124 Å². The van der Waals surface area contributed by atoms with Gasteiger partial charge in [-0.05, 0) is 38.1 Å². The molecule has 0 radical (unpaired) electrons. The number of morpholine rings is 1. The third-order valence-corrected chi connectivity index (χ3v) is 3.86. The zero-order valence-corrected chi connectivity index (χ0v) is 12.1. The number of hydrogen-bond acceptors (Lipinski definition) is 5. The number of nitrogens with zero attached hydrogens (tertiary/aromatic N) is 2. The number of carbonyl (C=O) groups excluding carboxylic acids is 1. The van der Waals surface area contributed by atoms with Gasteiger partial charge in [0.25, 0.3) is 5.91 Å². The van der Waals surface area contributed by atoms with Crippen LogP contribution in [0.1, 0.15) is 23.2 Å². The maximum atomic E-state index is 12.6. The van der Waals surface area contributed by atoms with Gasteiger partial charge < -0.3 is 19.7 Å². The van der Waals surface area contributed by atoms with E-state index >= 15 is 0 Å². The Hall–Kier alpha value is -1.66. The maximum absolute atomic E-state index is 12.6. The molecule has 2 fully saturated rings. The second-order valence-corrected chi connectivity index (χ2v) is 5.33. The van der Waals surface area contributed by atoms with Crippen molar-refractivity contribution in [3.05, 3.63) is 23.9 Å². The van der Waals surface area contributed by atoms with Gasteiger partial charge in [0.05, 0.1) is 13.2 Å². The predicted octanol–water partition coefficient (Wildman–Crippen LogP) is 0.685. The fraction of sp³-hybridized carbons (Fsp3) is 0.600. The minimum Gasteiger partial charge on any atom is -0.474 e. The molecule has 21 heavy (non-hydrogen) atoms. The molecule has 6 heteroatoms. The first-order valence-electron chi connectivity index (χ1n) is 7.54. The molecule has 2 aliphatic rings. The van der Waals surface area contributed by atoms with E-state index in [1.54, 1.807) is 23.2 Å². The fourth-order valence-corrected chi connectivity index (χ4v) is 2.66. The first-order chi connectivity index (χ1) is 10.3. The lowest BCUT2D eigenvalue weighted by atomic mass is 10.1. The van der Waals surface area contributed by atoms with E-state index in [1.165, 1.54) is 0 Å². The lowest BCUT2D eigenvalue weighted by molar-refractivity contribution is 0.0297. The second-order valence-electron chi connectivity index (χ2n) is 5.33. The first kappa shape index (κ1) is 14.3. The van der Waals surface area contributed by atoms with Crippen LogP contribution in [0, 0.1) is 0 Å². The molecule has 114 valence electrons. The molecule has 1 aromatic heterocycles. The molecule has 0 spiro atoms. The zero-order chi connectivity index (χ0) is 14.5. The molecular weight excluding hydrogens is 270 g/mol. The summed E-state index contributed by atoms with van der Waals surface area (Å²) >= 11 is 0. The smallest absolute Gasteiger partial charge is 0.259 e. The van der Waals surface area contributed by atoms with Crippen molar-refractivity contribution in [2.75, 3.05) is 39.4 Å². The van der Waals surface area contributed by atoms with Crippen molar-refractivity contribution >= 4 is 5.91 Å². The minimum atomic E-state index is -0.0182. The third kappa shape index (κ3) is 3.51. The van der Waals surface area contributed by atoms with Gasteiger partial charge in [-0.3, -0.25) is 4.79 Å². The number of rotatable bonds is 3. The lowest BCUT2D eigenvalue weighted by Gasteiger charge is -2.28. The van der Waals surface area contributed by atoms with Crippen molar-refractivity contribution in [1.29, 1.82) is 0 Å². The van der Waals surface area contributed by atoms with Gasteiger partial charge in [0.2, 0.25) is 5.88 Å². The van der Waals surface area contributed by atoms with Gasteiger partial charge >= 0.3 is 0 Å². The third-order valence-electron chi connectivity index (χ3n) is 3.86. The molecule has 3 heterocycles. The molecule has 0 aliphatic carbocycles. The average Bonchev–Trinajstić information content (AvgIpc) is 2.56. The lowest BCUT2D eigenvalue weighted by Crippen LogP contribution is -2.41. The zero-order valence-electron chi connectivity index (χ0n) is 12.1. The monoisotopic (exact) mass is 291 g/mol. The molecule has 0 bridgehead atoms. The SMILES string of the molecule is O=C(c1cccnc1OC1CCNCC1)N1CCOCC1. The Morgan fingerprint density at radius 2 is 2.10 bits per heavy atom. The van der Waals surface area contributed by atoms with E-state index in [2.05, 4.69) is 10.3 Å². The topological polar surface area (TPSA) is 63.7 Å². The van der Waals surface area contributed by atoms with E-state index in [9.17, 15) is 4.79 Å². The van der Waals surface area contributed by atoms with E-state index in [0.717, 1.165) is 25.9 Å². The van der Waals surface area contributed by atoms with Crippen molar-refractivity contribution in [1.82, 2.24) is 15.2 Å². The van der Waals surface area contributed by atoms with Gasteiger partial charge in [-0.25, -0.2) is 4.98 Å². The van der Waals surface area contributed by atoms with Crippen LogP contribution < -0.4 is 10.1 Å². The van der Waals surface area contributed by atoms with Crippen LogP contribution in [0.15, 0.2) is 18.3 Å². The highest BCUT2D eigenvalue weighted by Gasteiger charge is 2.24. The van der Waals surface area contributed by atoms with Gasteiger partial charge in [-0.1, -0.05) is 0 Å². The number of pyridine rings is 1. The Balaban J connectivity index is 1.73. The van der Waals surface area contributed by atoms with Crippen LogP contribution in [0.5, 0.6) is 5.88 Å². The molecule has 2 saturated heterocycles. The second kappa shape index (κ2) is 6.87. The van der Waals surface area contributed by atoms with Crippen LogP contribution in [0.4, 0.5) is 0 Å². The largest absolute Gasteiger partial charge is 0.474 e. The quantitative estimate of drug-likeness (QED) is 0.887. The van der Waals surface area contributed by atoms with Crippen molar-refractivity contribution in [3.63, 3.8) is 0 Å². The van der Waals surface area contributed by atoms with Crippen LogP contribution >= 0.6 is 0 Å². The average molecular weight is 291 g/mol. The number of aromatic nitrogens is 1. The van der Waals surface area contributed by atoms with Crippen molar-refractivity contribution in [3.8, 4) is 5.88 Å². The number of piperidine rings is 1. The Bertz CT molecular complexity index is 483. The molecule has 3 rings (SSSR count). The standard InChI is InChI=1S/C15H21N3O3/c19-15(18-8-10-20-11-9-18)13-2-1-5-17-14(13)21-12-3-6-16-7-4-12/h1-2,5,12,16H,3-4,6-11H2. The Kier molecular flexibility index (Phi) is 4.67. The van der Waals surface area contributed by atoms with Crippen molar-refractivity contribution < 1.29 is 14.3 Å². The minimum absolute atomic E-state index is 0.0182. The van der Waals surface area contributed by atoms with Crippen LogP contribution in [-0.4, -0.2) is 61.3 Å². The summed E-state index contributed by atoms with van der Waals surface area (Å²) in [6, 6.07) is 3.57. The highest BCUT2D eigenvalue weighted by Crippen LogP contribution is 2.21. The molecule has 0 saturated carbocycles. The van der Waals surface area contributed by atoms with E-state index in [4.69, 9.17) is 9.47 Å². The van der Waals surface area contributed by atoms with E-state index in [1.807, 2.05) is 0 Å². The Morgan fingerprint density at radius 1 is 1.33 bits per heavy atom. The van der Waals surface area contributed by atoms with Gasteiger partial charge in [0.1, 0.15) is 11.7 Å². The summed E-state index contributed by atoms with van der Waals surface area (Å²) in [5, 5.41) is 3.30. The van der Waals surface area contributed by atoms with E-state index < -0.39 is 0 Å². The normalized spacial score (nSPS) is 20.3. The van der Waals surface area contributed by atoms with Crippen LogP contribution in [0.25, 0.3) is 0 Å². The molecule has 2 aliphatic heterocycles. The maximum Gasteiger partial charge on any atom is 0.259 e. The number of nitrogens with one attached hydrogen (secondary N) is 1. The van der Waals surface area contributed by atoms with Crippen molar-refractivity contribution in [2.24, 2.45) is 0 Å². The van der Waals surface area contributed by atoms with Gasteiger partial charge in [-0.2, -0.15) is 0 Å². The van der Waals surface area contributed by atoms with Gasteiger partial charge in [-0.15, -0.1) is 0 Å². The predicted molar refractivity (Wildman–Crippen MR) is 77.5 cm³/mol. The van der Waals surface area contributed by atoms with E-state index in [0.29, 0.717) is 37.7 Å². The molecule has 1 aromatic rings. The molecule has 0 atom stereocenters. The summed E-state index contributed by atoms with van der Waals surface area (Å²) in [6.45, 7) is 4.34. The summed E-state index contributed by atoms with van der Waals surface area (Å²) in [6.07, 6.45) is 3.70. The van der Waals surface area contributed by atoms with Crippen molar-refractivity contribution in [2.45, 2.75) is 18.9 Å². The molecular formula is C15H21N3O3. The van der Waals surface area contributed by atoms with Gasteiger partial charge in [0.15, 0.2) is 0 Å². The van der Waals surface area contributed by atoms with Gasteiger partial charge in [0, 0.05) is 19.3 Å². The summed E-state index contributed by atoms with van der Waals surface area (Å²) in [5.74, 6) is 0.441. The summed E-state index contributed by atoms with van der Waals surface area (Å²) in [5.41, 5.74) is 0.554. The molecule has 1 amide bonds. The van der Waals surface area contributed by atoms with E-state index in [-0.39, 0.29) is 12.0 Å².